The Kier molecular flexibility index (Phi) is 8.77. The number of carboxylic acids is 1. The average molecular weight is 471 g/mol. The molecule has 0 radical (unpaired) electrons. The molecule has 2 N–H and O–H groups in total. The summed E-state index contributed by atoms with van der Waals surface area (Å²) in [5, 5.41) is 11.5. The van der Waals surface area contributed by atoms with E-state index in [1.807, 2.05) is 30.5 Å². The molecule has 0 saturated heterocycles. The molecule has 2 aromatic carbocycles. The topological polar surface area (TPSA) is 95.9 Å². The van der Waals surface area contributed by atoms with Crippen molar-refractivity contribution in [3.63, 3.8) is 0 Å². The highest BCUT2D eigenvalue weighted by Crippen LogP contribution is 2.44. The van der Waals surface area contributed by atoms with Crippen molar-refractivity contribution in [2.75, 3.05) is 32.2 Å². The van der Waals surface area contributed by atoms with E-state index in [1.54, 1.807) is 18.8 Å². The number of nitrogens with one attached hydrogen (secondary N) is 1. The molecule has 7 nitrogen and oxygen atoms in total. The van der Waals surface area contributed by atoms with Crippen LogP contribution in [-0.2, 0) is 14.3 Å². The zero-order valence-electron chi connectivity index (χ0n) is 19.0. The SMILES string of the molecule is CSCC[C@H](NC(=O)OCC1c2ccccc2-c2ccccc21)C(=O)N(C)CCCC(=O)O. The Morgan fingerprint density at radius 1 is 1.09 bits per heavy atom. The standard InChI is InChI=1S/C25H30N2O5S/c1-27(14-7-12-23(28)29)24(30)22(13-15-33-2)26-25(31)32-16-21-19-10-5-3-8-17(19)18-9-4-6-11-20(18)21/h3-6,8-11,21-22H,7,12-16H2,1-2H3,(H,26,31)(H,28,29)/t22-/m0/s1. The number of carbonyl (C=O) groups excluding carboxylic acids is 2. The lowest BCUT2D eigenvalue weighted by atomic mass is 9.98. The third-order valence-electron chi connectivity index (χ3n) is 5.80. The summed E-state index contributed by atoms with van der Waals surface area (Å²) >= 11 is 1.59. The van der Waals surface area contributed by atoms with Crippen LogP contribution in [0.1, 0.15) is 36.3 Å². The van der Waals surface area contributed by atoms with Crippen LogP contribution in [0.4, 0.5) is 4.79 Å². The first-order valence-corrected chi connectivity index (χ1v) is 12.4. The summed E-state index contributed by atoms with van der Waals surface area (Å²) in [6.07, 6.45) is 2.12. The van der Waals surface area contributed by atoms with Gasteiger partial charge in [0.2, 0.25) is 5.91 Å². The molecule has 8 heteroatoms. The van der Waals surface area contributed by atoms with E-state index in [9.17, 15) is 14.4 Å². The minimum atomic E-state index is -0.897. The summed E-state index contributed by atoms with van der Waals surface area (Å²) in [5.74, 6) is -0.500. The third-order valence-corrected chi connectivity index (χ3v) is 6.45. The zero-order chi connectivity index (χ0) is 23.8. The van der Waals surface area contributed by atoms with Gasteiger partial charge in [-0.05, 0) is 47.1 Å². The van der Waals surface area contributed by atoms with Crippen LogP contribution in [0.2, 0.25) is 0 Å². The van der Waals surface area contributed by atoms with E-state index in [1.165, 1.54) is 4.90 Å². The molecule has 2 amide bonds. The van der Waals surface area contributed by atoms with Gasteiger partial charge in [-0.2, -0.15) is 11.8 Å². The Bertz CT molecular complexity index is 951. The van der Waals surface area contributed by atoms with Crippen LogP contribution in [0.25, 0.3) is 11.1 Å². The Morgan fingerprint density at radius 2 is 1.70 bits per heavy atom. The van der Waals surface area contributed by atoms with Gasteiger partial charge in [0, 0.05) is 25.9 Å². The smallest absolute Gasteiger partial charge is 0.407 e. The summed E-state index contributed by atoms with van der Waals surface area (Å²) in [7, 11) is 1.62. The van der Waals surface area contributed by atoms with Crippen molar-refractivity contribution in [2.45, 2.75) is 31.2 Å². The van der Waals surface area contributed by atoms with E-state index in [-0.39, 0.29) is 24.9 Å². The van der Waals surface area contributed by atoms with Gasteiger partial charge in [0.1, 0.15) is 12.6 Å². The number of carboxylic acid groups (broad SMARTS) is 1. The van der Waals surface area contributed by atoms with Gasteiger partial charge in [0.05, 0.1) is 0 Å². The van der Waals surface area contributed by atoms with Crippen molar-refractivity contribution in [2.24, 2.45) is 0 Å². The molecule has 3 rings (SSSR count). The number of rotatable bonds is 11. The molecule has 0 bridgehead atoms. The second-order valence-electron chi connectivity index (χ2n) is 8.06. The maximum Gasteiger partial charge on any atom is 0.407 e. The fraction of sp³-hybridized carbons (Fsp3) is 0.400. The van der Waals surface area contributed by atoms with Gasteiger partial charge in [-0.25, -0.2) is 4.79 Å². The summed E-state index contributed by atoms with van der Waals surface area (Å²) in [4.78, 5) is 37.7. The summed E-state index contributed by atoms with van der Waals surface area (Å²) in [6.45, 7) is 0.491. The number of carbonyl (C=O) groups is 3. The third kappa shape index (κ3) is 6.28. The van der Waals surface area contributed by atoms with E-state index in [4.69, 9.17) is 9.84 Å². The second-order valence-corrected chi connectivity index (χ2v) is 9.05. The fourth-order valence-electron chi connectivity index (χ4n) is 4.12. The summed E-state index contributed by atoms with van der Waals surface area (Å²) < 4.78 is 5.59. The van der Waals surface area contributed by atoms with Crippen LogP contribution < -0.4 is 5.32 Å². The second kappa shape index (κ2) is 11.7. The lowest BCUT2D eigenvalue weighted by Gasteiger charge is -2.24. The molecule has 2 aromatic rings. The van der Waals surface area contributed by atoms with Crippen molar-refractivity contribution < 1.29 is 24.2 Å². The van der Waals surface area contributed by atoms with Crippen LogP contribution in [-0.4, -0.2) is 66.2 Å². The van der Waals surface area contributed by atoms with Gasteiger partial charge in [-0.15, -0.1) is 0 Å². The minimum absolute atomic E-state index is 0.00704. The summed E-state index contributed by atoms with van der Waals surface area (Å²) in [5.41, 5.74) is 4.55. The molecule has 0 saturated carbocycles. The Morgan fingerprint density at radius 3 is 2.27 bits per heavy atom. The van der Waals surface area contributed by atoms with Gasteiger partial charge < -0.3 is 20.1 Å². The van der Waals surface area contributed by atoms with E-state index in [2.05, 4.69) is 29.6 Å². The number of aliphatic carboxylic acids is 1. The van der Waals surface area contributed by atoms with Gasteiger partial charge in [0.25, 0.3) is 0 Å². The lowest BCUT2D eigenvalue weighted by Crippen LogP contribution is -2.48. The molecular weight excluding hydrogens is 440 g/mol. The van der Waals surface area contributed by atoms with Crippen molar-refractivity contribution in [3.05, 3.63) is 59.7 Å². The largest absolute Gasteiger partial charge is 0.481 e. The fourth-order valence-corrected chi connectivity index (χ4v) is 4.59. The molecular formula is C25H30N2O5S. The molecule has 33 heavy (non-hydrogen) atoms. The van der Waals surface area contributed by atoms with Crippen molar-refractivity contribution >= 4 is 29.7 Å². The monoisotopic (exact) mass is 470 g/mol. The predicted molar refractivity (Wildman–Crippen MR) is 129 cm³/mol. The Balaban J connectivity index is 1.61. The predicted octanol–water partition coefficient (Wildman–Crippen LogP) is 3.97. The minimum Gasteiger partial charge on any atom is -0.481 e. The molecule has 0 spiro atoms. The molecule has 1 aliphatic carbocycles. The highest BCUT2D eigenvalue weighted by Gasteiger charge is 2.30. The molecule has 176 valence electrons. The molecule has 0 fully saturated rings. The van der Waals surface area contributed by atoms with Crippen molar-refractivity contribution in [1.82, 2.24) is 10.2 Å². The number of hydrogen-bond acceptors (Lipinski definition) is 5. The number of fused-ring (bicyclic) bond motifs is 3. The summed E-state index contributed by atoms with van der Waals surface area (Å²) in [6, 6.07) is 15.5. The first-order valence-electron chi connectivity index (χ1n) is 11.0. The van der Waals surface area contributed by atoms with E-state index >= 15 is 0 Å². The van der Waals surface area contributed by atoms with Crippen LogP contribution in [0.3, 0.4) is 0 Å². The van der Waals surface area contributed by atoms with Crippen LogP contribution >= 0.6 is 11.8 Å². The highest BCUT2D eigenvalue weighted by molar-refractivity contribution is 7.98. The maximum absolute atomic E-state index is 12.8. The number of amides is 2. The first-order chi connectivity index (χ1) is 15.9. The van der Waals surface area contributed by atoms with Crippen LogP contribution in [0.15, 0.2) is 48.5 Å². The van der Waals surface area contributed by atoms with Gasteiger partial charge in [-0.3, -0.25) is 9.59 Å². The zero-order valence-corrected chi connectivity index (χ0v) is 19.8. The molecule has 0 aromatic heterocycles. The number of benzene rings is 2. The molecule has 0 aliphatic heterocycles. The van der Waals surface area contributed by atoms with E-state index < -0.39 is 18.1 Å². The Hall–Kier alpha value is -3.00. The van der Waals surface area contributed by atoms with E-state index in [0.29, 0.717) is 25.1 Å². The number of likely N-dealkylation sites (N-methyl/N-ethyl adjacent to an activating group) is 1. The van der Waals surface area contributed by atoms with Crippen molar-refractivity contribution in [3.8, 4) is 11.1 Å². The average Bonchev–Trinajstić information content (AvgIpc) is 3.13. The highest BCUT2D eigenvalue weighted by atomic mass is 32.2. The maximum atomic E-state index is 12.8. The first kappa shape index (κ1) is 24.6. The number of hydrogen-bond donors (Lipinski definition) is 2. The van der Waals surface area contributed by atoms with E-state index in [0.717, 1.165) is 22.3 Å². The molecule has 0 heterocycles. The number of alkyl carbamates (subject to hydrolysis) is 1. The molecule has 1 atom stereocenters. The normalized spacial score (nSPS) is 13.0. The molecule has 1 aliphatic rings. The Labute approximate surface area is 198 Å². The number of nitrogens with zero attached hydrogens (tertiary/aromatic N) is 1. The quantitative estimate of drug-likeness (QED) is 0.516. The van der Waals surface area contributed by atoms with Crippen LogP contribution in [0, 0.1) is 0 Å². The number of thioether (sulfide) groups is 1. The number of ether oxygens (including phenoxy) is 1. The van der Waals surface area contributed by atoms with Gasteiger partial charge in [-0.1, -0.05) is 48.5 Å². The van der Waals surface area contributed by atoms with Crippen LogP contribution in [0.5, 0.6) is 0 Å². The van der Waals surface area contributed by atoms with Gasteiger partial charge in [0.15, 0.2) is 0 Å². The van der Waals surface area contributed by atoms with Crippen molar-refractivity contribution in [1.29, 1.82) is 0 Å². The lowest BCUT2D eigenvalue weighted by molar-refractivity contribution is -0.138. The van der Waals surface area contributed by atoms with Gasteiger partial charge >= 0.3 is 12.1 Å². The molecule has 0 unspecified atom stereocenters.